The highest BCUT2D eigenvalue weighted by Gasteiger charge is 2.31. The molecule has 0 aliphatic heterocycles. The summed E-state index contributed by atoms with van der Waals surface area (Å²) in [5, 5.41) is 28.0. The van der Waals surface area contributed by atoms with Crippen molar-refractivity contribution >= 4 is 17.4 Å². The second-order valence-electron chi connectivity index (χ2n) is 6.98. The SMILES string of the molecule is O=[N+]([O-])c1ccc(-c2nnc(CSc3nnc(-c4ccccc4F)n3C3CC3)o2)cc1. The summed E-state index contributed by atoms with van der Waals surface area (Å²) in [6.07, 6.45) is 2.00. The Kier molecular flexibility index (Phi) is 4.94. The van der Waals surface area contributed by atoms with Crippen molar-refractivity contribution in [2.45, 2.75) is 29.8 Å². The zero-order chi connectivity index (χ0) is 21.4. The molecule has 0 atom stereocenters. The van der Waals surface area contributed by atoms with Gasteiger partial charge in [-0.15, -0.1) is 20.4 Å². The van der Waals surface area contributed by atoms with E-state index in [2.05, 4.69) is 20.4 Å². The highest BCUT2D eigenvalue weighted by molar-refractivity contribution is 7.98. The monoisotopic (exact) mass is 438 g/mol. The van der Waals surface area contributed by atoms with Gasteiger partial charge in [-0.2, -0.15) is 0 Å². The summed E-state index contributed by atoms with van der Waals surface area (Å²) in [7, 11) is 0. The van der Waals surface area contributed by atoms with Crippen LogP contribution in [0.15, 0.2) is 58.1 Å². The van der Waals surface area contributed by atoms with E-state index in [9.17, 15) is 14.5 Å². The van der Waals surface area contributed by atoms with Gasteiger partial charge in [0.2, 0.25) is 11.8 Å². The van der Waals surface area contributed by atoms with Gasteiger partial charge >= 0.3 is 0 Å². The molecule has 0 spiro atoms. The van der Waals surface area contributed by atoms with Crippen LogP contribution in [-0.2, 0) is 5.75 Å². The molecule has 1 saturated carbocycles. The van der Waals surface area contributed by atoms with E-state index in [1.54, 1.807) is 30.3 Å². The fraction of sp³-hybridized carbons (Fsp3) is 0.200. The molecule has 11 heteroatoms. The number of thioether (sulfide) groups is 1. The lowest BCUT2D eigenvalue weighted by Gasteiger charge is -2.08. The van der Waals surface area contributed by atoms with Gasteiger partial charge in [0.15, 0.2) is 11.0 Å². The molecular weight excluding hydrogens is 423 g/mol. The van der Waals surface area contributed by atoms with Crippen molar-refractivity contribution < 1.29 is 13.7 Å². The van der Waals surface area contributed by atoms with Gasteiger partial charge < -0.3 is 4.42 Å². The third-order valence-electron chi connectivity index (χ3n) is 4.81. The summed E-state index contributed by atoms with van der Waals surface area (Å²) < 4.78 is 21.9. The standard InChI is InChI=1S/C20H15FN6O3S/c21-16-4-2-1-3-15(16)18-23-25-20(26(18)13-9-10-13)31-11-17-22-24-19(30-17)12-5-7-14(8-6-12)27(28)29/h1-8,13H,9-11H2. The van der Waals surface area contributed by atoms with Crippen LogP contribution in [-0.4, -0.2) is 29.9 Å². The minimum Gasteiger partial charge on any atom is -0.420 e. The van der Waals surface area contributed by atoms with Crippen LogP contribution in [0.25, 0.3) is 22.8 Å². The molecule has 1 aliphatic rings. The summed E-state index contributed by atoms with van der Waals surface area (Å²) in [5.74, 6) is 1.21. The van der Waals surface area contributed by atoms with Gasteiger partial charge in [-0.05, 0) is 37.1 Å². The largest absolute Gasteiger partial charge is 0.420 e. The van der Waals surface area contributed by atoms with E-state index >= 15 is 0 Å². The van der Waals surface area contributed by atoms with E-state index in [0.29, 0.717) is 33.8 Å². The van der Waals surface area contributed by atoms with E-state index in [-0.39, 0.29) is 23.4 Å². The minimum absolute atomic E-state index is 0.0101. The average Bonchev–Trinajstić information content (AvgIpc) is 3.35. The first-order chi connectivity index (χ1) is 15.1. The molecule has 31 heavy (non-hydrogen) atoms. The fourth-order valence-corrected chi connectivity index (χ4v) is 3.99. The molecular formula is C20H15FN6O3S. The van der Waals surface area contributed by atoms with Crippen LogP contribution in [0.5, 0.6) is 0 Å². The Morgan fingerprint density at radius 1 is 1.10 bits per heavy atom. The van der Waals surface area contributed by atoms with E-state index in [1.165, 1.54) is 30.0 Å². The van der Waals surface area contributed by atoms with Gasteiger partial charge in [0.1, 0.15) is 5.82 Å². The smallest absolute Gasteiger partial charge is 0.269 e. The molecule has 0 saturated heterocycles. The molecule has 0 unspecified atom stereocenters. The van der Waals surface area contributed by atoms with E-state index < -0.39 is 4.92 Å². The summed E-state index contributed by atoms with van der Waals surface area (Å²) in [5.41, 5.74) is 1.01. The predicted octanol–water partition coefficient (Wildman–Crippen LogP) is 4.67. The molecule has 2 aromatic heterocycles. The summed E-state index contributed by atoms with van der Waals surface area (Å²) in [6.45, 7) is 0. The van der Waals surface area contributed by atoms with Crippen LogP contribution in [0.3, 0.4) is 0 Å². The summed E-state index contributed by atoms with van der Waals surface area (Å²) in [4.78, 5) is 10.3. The third-order valence-corrected chi connectivity index (χ3v) is 5.74. The number of nitro groups is 1. The lowest BCUT2D eigenvalue weighted by atomic mass is 10.2. The van der Waals surface area contributed by atoms with Gasteiger partial charge in [-0.1, -0.05) is 23.9 Å². The molecule has 2 heterocycles. The van der Waals surface area contributed by atoms with Crippen LogP contribution in [0, 0.1) is 15.9 Å². The zero-order valence-electron chi connectivity index (χ0n) is 16.0. The number of non-ortho nitro benzene ring substituents is 1. The third kappa shape index (κ3) is 3.91. The maximum Gasteiger partial charge on any atom is 0.269 e. The molecule has 1 aliphatic carbocycles. The Morgan fingerprint density at radius 3 is 2.58 bits per heavy atom. The minimum atomic E-state index is -0.467. The molecule has 5 rings (SSSR count). The first kappa shape index (κ1) is 19.4. The van der Waals surface area contributed by atoms with Crippen molar-refractivity contribution in [3.63, 3.8) is 0 Å². The molecule has 9 nitrogen and oxygen atoms in total. The average molecular weight is 438 g/mol. The van der Waals surface area contributed by atoms with E-state index in [1.807, 2.05) is 4.57 Å². The lowest BCUT2D eigenvalue weighted by Crippen LogP contribution is -2.01. The molecule has 156 valence electrons. The van der Waals surface area contributed by atoms with Gasteiger partial charge in [0, 0.05) is 23.7 Å². The van der Waals surface area contributed by atoms with Crippen LogP contribution >= 0.6 is 11.8 Å². The van der Waals surface area contributed by atoms with E-state index in [4.69, 9.17) is 4.42 Å². The number of nitrogens with zero attached hydrogens (tertiary/aromatic N) is 6. The van der Waals surface area contributed by atoms with Crippen LogP contribution in [0.4, 0.5) is 10.1 Å². The van der Waals surface area contributed by atoms with Crippen LogP contribution in [0.1, 0.15) is 24.8 Å². The highest BCUT2D eigenvalue weighted by Crippen LogP contribution is 2.41. The Balaban J connectivity index is 1.34. The Bertz CT molecular complexity index is 1250. The van der Waals surface area contributed by atoms with Gasteiger partial charge in [0.05, 0.1) is 16.2 Å². The van der Waals surface area contributed by atoms with Crippen molar-refractivity contribution in [1.29, 1.82) is 0 Å². The van der Waals surface area contributed by atoms with Gasteiger partial charge in [-0.3, -0.25) is 14.7 Å². The molecule has 0 radical (unpaired) electrons. The zero-order valence-corrected chi connectivity index (χ0v) is 16.8. The fourth-order valence-electron chi connectivity index (χ4n) is 3.14. The molecule has 4 aromatic rings. The van der Waals surface area contributed by atoms with Crippen LogP contribution in [0.2, 0.25) is 0 Å². The predicted molar refractivity (Wildman–Crippen MR) is 110 cm³/mol. The van der Waals surface area contributed by atoms with Gasteiger partial charge in [-0.25, -0.2) is 4.39 Å². The highest BCUT2D eigenvalue weighted by atomic mass is 32.2. The number of halogens is 1. The molecule has 1 fully saturated rings. The number of aromatic nitrogens is 5. The van der Waals surface area contributed by atoms with Crippen molar-refractivity contribution in [2.75, 3.05) is 0 Å². The lowest BCUT2D eigenvalue weighted by molar-refractivity contribution is -0.384. The maximum absolute atomic E-state index is 14.3. The first-order valence-corrected chi connectivity index (χ1v) is 10.5. The number of rotatable bonds is 7. The van der Waals surface area contributed by atoms with Crippen LogP contribution < -0.4 is 0 Å². The Morgan fingerprint density at radius 2 is 1.87 bits per heavy atom. The topological polar surface area (TPSA) is 113 Å². The number of benzene rings is 2. The Labute approximate surface area is 179 Å². The second-order valence-corrected chi connectivity index (χ2v) is 7.92. The quantitative estimate of drug-likeness (QED) is 0.232. The molecule has 0 N–H and O–H groups in total. The Hall–Kier alpha value is -3.60. The number of hydrogen-bond donors (Lipinski definition) is 0. The molecule has 0 bridgehead atoms. The van der Waals surface area contributed by atoms with Gasteiger partial charge in [0.25, 0.3) is 5.69 Å². The summed E-state index contributed by atoms with van der Waals surface area (Å²) >= 11 is 1.39. The van der Waals surface area contributed by atoms with Crippen molar-refractivity contribution in [3.8, 4) is 22.8 Å². The van der Waals surface area contributed by atoms with Crippen molar-refractivity contribution in [1.82, 2.24) is 25.0 Å². The maximum atomic E-state index is 14.3. The van der Waals surface area contributed by atoms with E-state index in [0.717, 1.165) is 12.8 Å². The summed E-state index contributed by atoms with van der Waals surface area (Å²) in [6, 6.07) is 12.7. The van der Waals surface area contributed by atoms with Crippen molar-refractivity contribution in [2.24, 2.45) is 0 Å². The normalized spacial score (nSPS) is 13.5. The second kappa shape index (κ2) is 7.91. The number of nitro benzene ring substituents is 1. The number of hydrogen-bond acceptors (Lipinski definition) is 8. The molecule has 2 aromatic carbocycles. The first-order valence-electron chi connectivity index (χ1n) is 9.50. The molecule has 0 amide bonds. The van der Waals surface area contributed by atoms with Crippen molar-refractivity contribution in [3.05, 3.63) is 70.4 Å².